The molecule has 1 heterocycles. The van der Waals surface area contributed by atoms with Crippen LogP contribution in [0.25, 0.3) is 0 Å². The van der Waals surface area contributed by atoms with E-state index in [1.54, 1.807) is 5.51 Å². The molecule has 1 atom stereocenters. The zero-order chi connectivity index (χ0) is 10.4. The minimum absolute atomic E-state index is 0.163. The van der Waals surface area contributed by atoms with E-state index >= 15 is 0 Å². The van der Waals surface area contributed by atoms with Crippen LogP contribution < -0.4 is 0 Å². The zero-order valence-corrected chi connectivity index (χ0v) is 9.85. The fourth-order valence-corrected chi connectivity index (χ4v) is 2.17. The van der Waals surface area contributed by atoms with Crippen molar-refractivity contribution in [2.24, 2.45) is 0 Å². The third-order valence-electron chi connectivity index (χ3n) is 1.36. The van der Waals surface area contributed by atoms with E-state index in [4.69, 9.17) is 4.74 Å². The Morgan fingerprint density at radius 2 is 2.43 bits per heavy atom. The van der Waals surface area contributed by atoms with Gasteiger partial charge in [-0.1, -0.05) is 23.1 Å². The van der Waals surface area contributed by atoms with Gasteiger partial charge in [0.1, 0.15) is 5.51 Å². The van der Waals surface area contributed by atoms with Crippen LogP contribution in [-0.4, -0.2) is 39.9 Å². The molecular weight excluding hydrogens is 220 g/mol. The Kier molecular flexibility index (Phi) is 5.39. The van der Waals surface area contributed by atoms with Crippen LogP contribution in [0.2, 0.25) is 0 Å². The summed E-state index contributed by atoms with van der Waals surface area (Å²) in [7, 11) is 0. The topological polar surface area (TPSA) is 55.2 Å². The smallest absolute Gasteiger partial charge is 0.174 e. The van der Waals surface area contributed by atoms with E-state index in [-0.39, 0.29) is 6.10 Å². The number of aliphatic hydroxyl groups excluding tert-OH is 1. The quantitative estimate of drug-likeness (QED) is 0.754. The van der Waals surface area contributed by atoms with Crippen molar-refractivity contribution in [2.75, 3.05) is 12.4 Å². The molecule has 4 nitrogen and oxygen atoms in total. The molecule has 0 aliphatic rings. The van der Waals surface area contributed by atoms with Gasteiger partial charge in [-0.25, -0.2) is 0 Å². The van der Waals surface area contributed by atoms with Crippen LogP contribution in [0.3, 0.4) is 0 Å². The Morgan fingerprint density at radius 3 is 3.00 bits per heavy atom. The van der Waals surface area contributed by atoms with E-state index in [0.29, 0.717) is 12.4 Å². The lowest BCUT2D eigenvalue weighted by atomic mass is 10.4. The molecule has 6 heteroatoms. The number of nitrogens with zero attached hydrogens (tertiary/aromatic N) is 2. The predicted molar refractivity (Wildman–Crippen MR) is 57.7 cm³/mol. The molecule has 1 aromatic rings. The molecule has 0 saturated heterocycles. The minimum atomic E-state index is -0.439. The van der Waals surface area contributed by atoms with Gasteiger partial charge in [-0.05, 0) is 13.8 Å². The fraction of sp³-hybridized carbons (Fsp3) is 0.750. The molecule has 0 saturated carbocycles. The van der Waals surface area contributed by atoms with Crippen LogP contribution in [0.1, 0.15) is 13.8 Å². The van der Waals surface area contributed by atoms with E-state index in [9.17, 15) is 5.11 Å². The van der Waals surface area contributed by atoms with Crippen molar-refractivity contribution in [2.45, 2.75) is 30.4 Å². The van der Waals surface area contributed by atoms with Crippen LogP contribution in [-0.2, 0) is 4.74 Å². The second kappa shape index (κ2) is 6.34. The molecule has 80 valence electrons. The summed E-state index contributed by atoms with van der Waals surface area (Å²) < 4.78 is 6.16. The van der Waals surface area contributed by atoms with E-state index in [0.717, 1.165) is 4.34 Å². The summed E-state index contributed by atoms with van der Waals surface area (Å²) in [6.45, 7) is 4.28. The Bertz CT molecular complexity index is 241. The second-order valence-electron chi connectivity index (χ2n) is 3.05. The molecule has 0 fully saturated rings. The summed E-state index contributed by atoms with van der Waals surface area (Å²) in [4.78, 5) is 0. The van der Waals surface area contributed by atoms with Crippen molar-refractivity contribution in [1.82, 2.24) is 10.2 Å². The summed E-state index contributed by atoms with van der Waals surface area (Å²) in [5.41, 5.74) is 1.68. The maximum Gasteiger partial charge on any atom is 0.174 e. The van der Waals surface area contributed by atoms with Gasteiger partial charge in [-0.3, -0.25) is 0 Å². The van der Waals surface area contributed by atoms with E-state index in [1.165, 1.54) is 23.1 Å². The highest BCUT2D eigenvalue weighted by molar-refractivity contribution is 8.01. The predicted octanol–water partition coefficient (Wildman–Crippen LogP) is 1.42. The molecule has 14 heavy (non-hydrogen) atoms. The average molecular weight is 234 g/mol. The lowest BCUT2D eigenvalue weighted by Crippen LogP contribution is -2.20. The van der Waals surface area contributed by atoms with Gasteiger partial charge in [0.15, 0.2) is 4.34 Å². The van der Waals surface area contributed by atoms with Gasteiger partial charge in [0.2, 0.25) is 0 Å². The lowest BCUT2D eigenvalue weighted by Gasteiger charge is -2.11. The molecule has 0 spiro atoms. The Labute approximate surface area is 91.7 Å². The molecular formula is C8H14N2O2S2. The highest BCUT2D eigenvalue weighted by atomic mass is 32.2. The van der Waals surface area contributed by atoms with E-state index in [1.807, 2.05) is 13.8 Å². The number of thioether (sulfide) groups is 1. The monoisotopic (exact) mass is 234 g/mol. The highest BCUT2D eigenvalue weighted by Gasteiger charge is 2.07. The van der Waals surface area contributed by atoms with Gasteiger partial charge in [0.05, 0.1) is 18.8 Å². The number of hydrogen-bond acceptors (Lipinski definition) is 6. The Morgan fingerprint density at radius 1 is 1.64 bits per heavy atom. The molecule has 0 aliphatic carbocycles. The van der Waals surface area contributed by atoms with Crippen LogP contribution >= 0.6 is 23.1 Å². The van der Waals surface area contributed by atoms with Crippen molar-refractivity contribution in [1.29, 1.82) is 0 Å². The highest BCUT2D eigenvalue weighted by Crippen LogP contribution is 2.19. The van der Waals surface area contributed by atoms with Crippen LogP contribution in [0.15, 0.2) is 9.85 Å². The minimum Gasteiger partial charge on any atom is -0.390 e. The first-order valence-corrected chi connectivity index (χ1v) is 6.23. The van der Waals surface area contributed by atoms with E-state index in [2.05, 4.69) is 10.2 Å². The first-order chi connectivity index (χ1) is 6.68. The average Bonchev–Trinajstić information content (AvgIpc) is 2.63. The van der Waals surface area contributed by atoms with Gasteiger partial charge in [0.25, 0.3) is 0 Å². The maximum atomic E-state index is 9.51. The third kappa shape index (κ3) is 4.90. The SMILES string of the molecule is CC(C)OCC(O)CSc1nncs1. The van der Waals surface area contributed by atoms with Crippen LogP contribution in [0.4, 0.5) is 0 Å². The second-order valence-corrected chi connectivity index (χ2v) is 5.15. The molecule has 0 amide bonds. The number of hydrogen-bond donors (Lipinski definition) is 1. The summed E-state index contributed by atoms with van der Waals surface area (Å²) in [6, 6.07) is 0. The van der Waals surface area contributed by atoms with Gasteiger partial charge in [0, 0.05) is 5.75 Å². The molecule has 0 bridgehead atoms. The first kappa shape index (κ1) is 11.9. The van der Waals surface area contributed by atoms with Gasteiger partial charge >= 0.3 is 0 Å². The molecule has 1 N–H and O–H groups in total. The van der Waals surface area contributed by atoms with Crippen LogP contribution in [0.5, 0.6) is 0 Å². The molecule has 0 radical (unpaired) electrons. The van der Waals surface area contributed by atoms with Gasteiger partial charge < -0.3 is 9.84 Å². The standard InChI is InChI=1S/C8H14N2O2S2/c1-6(2)12-3-7(11)4-13-8-10-9-5-14-8/h5-7,11H,3-4H2,1-2H3. The molecule has 0 aliphatic heterocycles. The Hall–Kier alpha value is -0.170. The zero-order valence-electron chi connectivity index (χ0n) is 8.21. The molecule has 1 aromatic heterocycles. The molecule has 1 rings (SSSR count). The fourth-order valence-electron chi connectivity index (χ4n) is 0.745. The summed E-state index contributed by atoms with van der Waals surface area (Å²) >= 11 is 2.98. The van der Waals surface area contributed by atoms with Crippen molar-refractivity contribution in [3.63, 3.8) is 0 Å². The number of aliphatic hydroxyl groups is 1. The maximum absolute atomic E-state index is 9.51. The summed E-state index contributed by atoms with van der Waals surface area (Å²) in [5.74, 6) is 0.599. The van der Waals surface area contributed by atoms with Crippen molar-refractivity contribution in [3.8, 4) is 0 Å². The van der Waals surface area contributed by atoms with Crippen molar-refractivity contribution >= 4 is 23.1 Å². The normalized spacial score (nSPS) is 13.4. The van der Waals surface area contributed by atoms with Crippen LogP contribution in [0, 0.1) is 0 Å². The number of aromatic nitrogens is 2. The lowest BCUT2D eigenvalue weighted by molar-refractivity contribution is 0.0152. The van der Waals surface area contributed by atoms with Crippen molar-refractivity contribution < 1.29 is 9.84 Å². The molecule has 0 aromatic carbocycles. The van der Waals surface area contributed by atoms with Crippen molar-refractivity contribution in [3.05, 3.63) is 5.51 Å². The largest absolute Gasteiger partial charge is 0.390 e. The Balaban J connectivity index is 2.12. The molecule has 1 unspecified atom stereocenters. The van der Waals surface area contributed by atoms with E-state index < -0.39 is 6.10 Å². The summed E-state index contributed by atoms with van der Waals surface area (Å²) in [5, 5.41) is 17.1. The van der Waals surface area contributed by atoms with Gasteiger partial charge in [-0.15, -0.1) is 10.2 Å². The summed E-state index contributed by atoms with van der Waals surface area (Å²) in [6.07, 6.45) is -0.275. The number of ether oxygens (including phenoxy) is 1. The number of rotatable bonds is 6. The third-order valence-corrected chi connectivity index (χ3v) is 3.37. The van der Waals surface area contributed by atoms with Gasteiger partial charge in [-0.2, -0.15) is 0 Å². The first-order valence-electron chi connectivity index (χ1n) is 4.37.